The highest BCUT2D eigenvalue weighted by molar-refractivity contribution is 7.12. The van der Waals surface area contributed by atoms with Crippen LogP contribution >= 0.6 is 11.3 Å². The lowest BCUT2D eigenvalue weighted by molar-refractivity contribution is -0.141. The summed E-state index contributed by atoms with van der Waals surface area (Å²) in [5.41, 5.74) is 0.835. The maximum atomic E-state index is 12.5. The quantitative estimate of drug-likeness (QED) is 0.403. The van der Waals surface area contributed by atoms with Crippen LogP contribution in [0, 0.1) is 0 Å². The molecule has 4 nitrogen and oxygen atoms in total. The molecular formula is C29H36O4S. The number of carbonyl (C=O) groups excluding carboxylic acids is 1. The van der Waals surface area contributed by atoms with E-state index in [2.05, 4.69) is 41.5 Å². The maximum Gasteiger partial charge on any atom is 0.313 e. The second-order valence-electron chi connectivity index (χ2n) is 10.9. The summed E-state index contributed by atoms with van der Waals surface area (Å²) in [6, 6.07) is 17.1. The molecule has 0 aliphatic carbocycles. The van der Waals surface area contributed by atoms with Gasteiger partial charge in [-0.2, -0.15) is 0 Å². The van der Waals surface area contributed by atoms with Gasteiger partial charge in [0, 0.05) is 9.75 Å². The summed E-state index contributed by atoms with van der Waals surface area (Å²) in [7, 11) is 1.38. The van der Waals surface area contributed by atoms with Crippen LogP contribution in [0.5, 0.6) is 5.75 Å². The van der Waals surface area contributed by atoms with E-state index in [9.17, 15) is 15.0 Å². The minimum atomic E-state index is -1.46. The number of benzene rings is 2. The molecule has 0 saturated carbocycles. The molecule has 0 fully saturated rings. The molecule has 3 aromatic rings. The number of phenolic OH excluding ortho intramolecular Hbond substituents is 1. The molecule has 0 bridgehead atoms. The van der Waals surface area contributed by atoms with E-state index in [1.165, 1.54) is 18.4 Å². The fraction of sp³-hybridized carbons (Fsp3) is 0.414. The largest absolute Gasteiger partial charge is 0.507 e. The van der Waals surface area contributed by atoms with Gasteiger partial charge >= 0.3 is 5.97 Å². The minimum Gasteiger partial charge on any atom is -0.507 e. The summed E-state index contributed by atoms with van der Waals surface area (Å²) < 4.78 is 4.93. The van der Waals surface area contributed by atoms with Gasteiger partial charge in [0.1, 0.15) is 11.4 Å². The third-order valence-corrected chi connectivity index (χ3v) is 7.68. The Balaban J connectivity index is 2.35. The molecule has 1 heterocycles. The number of hydrogen-bond donors (Lipinski definition) is 2. The van der Waals surface area contributed by atoms with E-state index >= 15 is 0 Å². The summed E-state index contributed by atoms with van der Waals surface area (Å²) in [5.74, 6) is -0.476. The Morgan fingerprint density at radius 2 is 1.41 bits per heavy atom. The van der Waals surface area contributed by atoms with Crippen molar-refractivity contribution in [1.82, 2.24) is 0 Å². The second-order valence-corrected chi connectivity index (χ2v) is 12.1. The van der Waals surface area contributed by atoms with Gasteiger partial charge in [-0.05, 0) is 64.3 Å². The molecule has 0 radical (unpaired) electrons. The fourth-order valence-electron chi connectivity index (χ4n) is 4.19. The standard InChI is InChI=1S/C29H36O4S/c1-18(26(31)33-8)23-14-15-24(34-23)29(32,19-12-10-9-11-13-19)20-16-21(27(2,3)4)25(30)22(17-20)28(5,6)7/h9-18,30,32H,1-8H3. The van der Waals surface area contributed by atoms with Crippen LogP contribution in [0.15, 0.2) is 54.6 Å². The van der Waals surface area contributed by atoms with Gasteiger partial charge in [-0.15, -0.1) is 11.3 Å². The Morgan fingerprint density at radius 1 is 0.882 bits per heavy atom. The number of hydrogen-bond acceptors (Lipinski definition) is 5. The van der Waals surface area contributed by atoms with Crippen molar-refractivity contribution in [1.29, 1.82) is 0 Å². The van der Waals surface area contributed by atoms with Gasteiger partial charge in [-0.1, -0.05) is 71.9 Å². The summed E-state index contributed by atoms with van der Waals surface area (Å²) in [6.45, 7) is 14.1. The Hall–Kier alpha value is -2.63. The summed E-state index contributed by atoms with van der Waals surface area (Å²) >= 11 is 1.40. The first-order valence-electron chi connectivity index (χ1n) is 11.6. The SMILES string of the molecule is COC(=O)C(C)c1ccc(C(O)(c2ccccc2)c2cc(C(C)(C)C)c(O)c(C(C)(C)C)c2)s1. The predicted octanol–water partition coefficient (Wildman–Crippen LogP) is 6.61. The van der Waals surface area contributed by atoms with E-state index in [-0.39, 0.29) is 22.5 Å². The zero-order chi connectivity index (χ0) is 25.5. The van der Waals surface area contributed by atoms with Crippen molar-refractivity contribution < 1.29 is 19.7 Å². The molecule has 2 unspecified atom stereocenters. The molecule has 2 aromatic carbocycles. The van der Waals surface area contributed by atoms with E-state index in [4.69, 9.17) is 4.74 Å². The lowest BCUT2D eigenvalue weighted by Gasteiger charge is -2.34. The van der Waals surface area contributed by atoms with E-state index in [1.807, 2.05) is 54.6 Å². The Morgan fingerprint density at radius 3 is 1.88 bits per heavy atom. The first-order valence-corrected chi connectivity index (χ1v) is 12.4. The van der Waals surface area contributed by atoms with Gasteiger partial charge in [0.2, 0.25) is 0 Å². The minimum absolute atomic E-state index is 0.269. The van der Waals surface area contributed by atoms with E-state index < -0.39 is 11.5 Å². The number of ether oxygens (including phenoxy) is 1. The predicted molar refractivity (Wildman–Crippen MR) is 139 cm³/mol. The lowest BCUT2D eigenvalue weighted by Crippen LogP contribution is -2.29. The third-order valence-electron chi connectivity index (χ3n) is 6.30. The summed E-state index contributed by atoms with van der Waals surface area (Å²) in [4.78, 5) is 13.7. The number of phenols is 1. The fourth-order valence-corrected chi connectivity index (χ4v) is 5.37. The second kappa shape index (κ2) is 9.20. The number of methoxy groups -OCH3 is 1. The number of rotatable bonds is 5. The zero-order valence-corrected chi connectivity index (χ0v) is 22.2. The van der Waals surface area contributed by atoms with Crippen molar-refractivity contribution >= 4 is 17.3 Å². The molecule has 2 atom stereocenters. The lowest BCUT2D eigenvalue weighted by atomic mass is 9.74. The van der Waals surface area contributed by atoms with Crippen molar-refractivity contribution in [3.05, 3.63) is 86.6 Å². The van der Waals surface area contributed by atoms with Crippen LogP contribution in [-0.4, -0.2) is 23.3 Å². The molecule has 0 aliphatic heterocycles. The highest BCUT2D eigenvalue weighted by Gasteiger charge is 2.39. The molecule has 0 saturated heterocycles. The van der Waals surface area contributed by atoms with Gasteiger partial charge in [0.05, 0.1) is 13.0 Å². The average Bonchev–Trinajstić information content (AvgIpc) is 3.27. The molecular weight excluding hydrogens is 444 g/mol. The Labute approximate surface area is 207 Å². The Bertz CT molecular complexity index is 1130. The van der Waals surface area contributed by atoms with Crippen molar-refractivity contribution in [2.24, 2.45) is 0 Å². The van der Waals surface area contributed by atoms with Gasteiger partial charge in [-0.25, -0.2) is 0 Å². The van der Waals surface area contributed by atoms with Crippen molar-refractivity contribution in [2.75, 3.05) is 7.11 Å². The number of thiophene rings is 1. The van der Waals surface area contributed by atoms with Crippen molar-refractivity contribution in [3.8, 4) is 5.75 Å². The smallest absolute Gasteiger partial charge is 0.313 e. The van der Waals surface area contributed by atoms with E-state index in [0.29, 0.717) is 10.4 Å². The molecule has 2 N–H and O–H groups in total. The molecule has 0 spiro atoms. The molecule has 34 heavy (non-hydrogen) atoms. The first kappa shape index (κ1) is 26.0. The van der Waals surface area contributed by atoms with Gasteiger partial charge < -0.3 is 14.9 Å². The van der Waals surface area contributed by atoms with Crippen LogP contribution < -0.4 is 0 Å². The van der Waals surface area contributed by atoms with Crippen molar-refractivity contribution in [3.63, 3.8) is 0 Å². The topological polar surface area (TPSA) is 66.8 Å². The molecule has 182 valence electrons. The van der Waals surface area contributed by atoms with Gasteiger partial charge in [0.25, 0.3) is 0 Å². The van der Waals surface area contributed by atoms with Gasteiger partial charge in [-0.3, -0.25) is 4.79 Å². The van der Waals surface area contributed by atoms with Crippen LogP contribution in [0.4, 0.5) is 0 Å². The number of aromatic hydroxyl groups is 1. The maximum absolute atomic E-state index is 12.5. The molecule has 0 amide bonds. The highest BCUT2D eigenvalue weighted by Crippen LogP contribution is 2.47. The van der Waals surface area contributed by atoms with Gasteiger partial charge in [0.15, 0.2) is 0 Å². The summed E-state index contributed by atoms with van der Waals surface area (Å²) in [6.07, 6.45) is 0. The van der Waals surface area contributed by atoms with Crippen LogP contribution in [0.3, 0.4) is 0 Å². The summed E-state index contributed by atoms with van der Waals surface area (Å²) in [5, 5.41) is 23.7. The first-order chi connectivity index (χ1) is 15.7. The Kier molecular flexibility index (Phi) is 7.03. The monoisotopic (exact) mass is 480 g/mol. The number of aliphatic hydroxyl groups is 1. The zero-order valence-electron chi connectivity index (χ0n) is 21.4. The number of carbonyl (C=O) groups is 1. The molecule has 0 aliphatic rings. The normalized spacial score (nSPS) is 15.0. The molecule has 3 rings (SSSR count). The van der Waals surface area contributed by atoms with E-state index in [0.717, 1.165) is 21.6 Å². The third kappa shape index (κ3) is 4.77. The van der Waals surface area contributed by atoms with Crippen LogP contribution in [0.1, 0.15) is 86.4 Å². The van der Waals surface area contributed by atoms with Crippen LogP contribution in [0.25, 0.3) is 0 Å². The van der Waals surface area contributed by atoms with Crippen LogP contribution in [-0.2, 0) is 26.0 Å². The van der Waals surface area contributed by atoms with Crippen LogP contribution in [0.2, 0.25) is 0 Å². The highest BCUT2D eigenvalue weighted by atomic mass is 32.1. The molecule has 5 heteroatoms. The van der Waals surface area contributed by atoms with E-state index in [1.54, 1.807) is 6.92 Å². The number of esters is 1. The average molecular weight is 481 g/mol. The van der Waals surface area contributed by atoms with Crippen molar-refractivity contribution in [2.45, 2.75) is 70.8 Å². The molecule has 1 aromatic heterocycles.